The molecule has 0 heteroatoms. The molecule has 0 nitrogen and oxygen atoms in total. The zero-order chi connectivity index (χ0) is 11.5. The lowest BCUT2D eigenvalue weighted by atomic mass is 10.0. The van der Waals surface area contributed by atoms with E-state index in [2.05, 4.69) is 70.6 Å². The van der Waals surface area contributed by atoms with Gasteiger partial charge in [-0.1, -0.05) is 50.3 Å². The van der Waals surface area contributed by atoms with Crippen LogP contribution in [0.1, 0.15) is 40.5 Å². The molecule has 0 saturated heterocycles. The van der Waals surface area contributed by atoms with Gasteiger partial charge in [-0.2, -0.15) is 0 Å². The molecule has 0 amide bonds. The molecule has 15 heavy (non-hydrogen) atoms. The van der Waals surface area contributed by atoms with Gasteiger partial charge in [0.2, 0.25) is 0 Å². The lowest BCUT2D eigenvalue weighted by Crippen LogP contribution is -1.89. The smallest absolute Gasteiger partial charge is 0.00820 e. The van der Waals surface area contributed by atoms with Crippen molar-refractivity contribution in [2.24, 2.45) is 11.8 Å². The summed E-state index contributed by atoms with van der Waals surface area (Å²) in [7, 11) is 0. The molecule has 0 spiro atoms. The Labute approximate surface area is 95.8 Å². The van der Waals surface area contributed by atoms with Crippen molar-refractivity contribution in [2.75, 3.05) is 0 Å². The molecule has 0 saturated carbocycles. The van der Waals surface area contributed by atoms with Gasteiger partial charge in [-0.25, -0.2) is 0 Å². The second kappa shape index (κ2) is 9.76. The van der Waals surface area contributed by atoms with Gasteiger partial charge in [-0.15, -0.1) is 0 Å². The van der Waals surface area contributed by atoms with E-state index in [1.165, 1.54) is 6.42 Å². The maximum Gasteiger partial charge on any atom is -0.00820 e. The highest BCUT2D eigenvalue weighted by molar-refractivity contribution is 4.99. The minimum Gasteiger partial charge on any atom is -0.0914 e. The summed E-state index contributed by atoms with van der Waals surface area (Å²) in [5.74, 6) is 1.24. The summed E-state index contributed by atoms with van der Waals surface area (Å²) in [6.45, 7) is 8.60. The first-order chi connectivity index (χ1) is 7.20. The van der Waals surface area contributed by atoms with Crippen molar-refractivity contribution in [3.8, 4) is 0 Å². The van der Waals surface area contributed by atoms with Crippen molar-refractivity contribution in [3.05, 3.63) is 42.9 Å². The van der Waals surface area contributed by atoms with Crippen LogP contribution in [0.25, 0.3) is 0 Å². The molecule has 2 unspecified atom stereocenters. The highest BCUT2D eigenvalue weighted by Gasteiger charge is 1.95. The van der Waals surface area contributed by atoms with Crippen LogP contribution >= 0.6 is 0 Å². The van der Waals surface area contributed by atoms with Gasteiger partial charge >= 0.3 is 0 Å². The van der Waals surface area contributed by atoms with Crippen molar-refractivity contribution in [1.29, 1.82) is 0 Å². The second-order valence-electron chi connectivity index (χ2n) is 4.08. The van der Waals surface area contributed by atoms with E-state index < -0.39 is 0 Å². The zero-order valence-electron chi connectivity index (χ0n) is 10.6. The zero-order valence-corrected chi connectivity index (χ0v) is 10.6. The molecule has 0 bridgehead atoms. The van der Waals surface area contributed by atoms with Crippen LogP contribution in [0.4, 0.5) is 0 Å². The molecular formula is C15H25. The fourth-order valence-corrected chi connectivity index (χ4v) is 1.52. The molecule has 0 aliphatic rings. The van der Waals surface area contributed by atoms with Gasteiger partial charge in [0.15, 0.2) is 0 Å². The molecule has 0 aromatic heterocycles. The van der Waals surface area contributed by atoms with Gasteiger partial charge < -0.3 is 0 Å². The molecule has 0 aromatic carbocycles. The van der Waals surface area contributed by atoms with Gasteiger partial charge in [0.05, 0.1) is 0 Å². The first kappa shape index (κ1) is 14.2. The summed E-state index contributed by atoms with van der Waals surface area (Å²) in [6.07, 6.45) is 17.8. The standard InChI is InChI=1S/C15H25/c1-5-10-14(3)12-8-7-9-13-15(4)11-6-2/h5-6,8-12,14-15H,7,13H2,1-4H3. The van der Waals surface area contributed by atoms with Crippen molar-refractivity contribution in [3.63, 3.8) is 0 Å². The molecular weight excluding hydrogens is 180 g/mol. The largest absolute Gasteiger partial charge is 0.0914 e. The van der Waals surface area contributed by atoms with Crippen LogP contribution in [0.5, 0.6) is 0 Å². The first-order valence-electron chi connectivity index (χ1n) is 5.94. The average Bonchev–Trinajstić information content (AvgIpc) is 2.18. The minimum absolute atomic E-state index is 0.566. The molecule has 0 fully saturated rings. The van der Waals surface area contributed by atoms with E-state index in [1.54, 1.807) is 0 Å². The van der Waals surface area contributed by atoms with E-state index in [9.17, 15) is 0 Å². The Kier molecular flexibility index (Phi) is 9.26. The fraction of sp³-hybridized carbons (Fsp3) is 0.533. The van der Waals surface area contributed by atoms with Crippen molar-refractivity contribution >= 4 is 0 Å². The molecule has 1 radical (unpaired) electrons. The number of unbranched alkanes of at least 4 members (excludes halogenated alkanes) is 1. The highest BCUT2D eigenvalue weighted by atomic mass is 14.0. The van der Waals surface area contributed by atoms with E-state index >= 15 is 0 Å². The second-order valence-corrected chi connectivity index (χ2v) is 4.08. The quantitative estimate of drug-likeness (QED) is 0.407. The molecule has 0 rings (SSSR count). The third-order valence-electron chi connectivity index (χ3n) is 2.30. The van der Waals surface area contributed by atoms with Gasteiger partial charge in [-0.3, -0.25) is 0 Å². The highest BCUT2D eigenvalue weighted by Crippen LogP contribution is 2.09. The molecule has 2 atom stereocenters. The summed E-state index contributed by atoms with van der Waals surface area (Å²) in [5, 5.41) is 0. The molecule has 0 aliphatic carbocycles. The Hall–Kier alpha value is -0.780. The normalized spacial score (nSPS) is 16.8. The fourth-order valence-electron chi connectivity index (χ4n) is 1.52. The van der Waals surface area contributed by atoms with Crippen LogP contribution in [0, 0.1) is 18.3 Å². The van der Waals surface area contributed by atoms with Gasteiger partial charge in [0.25, 0.3) is 0 Å². The Bertz CT molecular complexity index is 208. The SMILES string of the molecule is CC=CC(C)C=CC[CH]CC(C)C=CC. The van der Waals surface area contributed by atoms with E-state index in [4.69, 9.17) is 0 Å². The maximum atomic E-state index is 2.35. The topological polar surface area (TPSA) is 0 Å². The van der Waals surface area contributed by atoms with Crippen LogP contribution < -0.4 is 0 Å². The van der Waals surface area contributed by atoms with Crippen LogP contribution in [-0.2, 0) is 0 Å². The van der Waals surface area contributed by atoms with Crippen molar-refractivity contribution in [2.45, 2.75) is 40.5 Å². The predicted octanol–water partition coefficient (Wildman–Crippen LogP) is 4.95. The minimum atomic E-state index is 0.566. The third kappa shape index (κ3) is 9.52. The number of hydrogen-bond acceptors (Lipinski definition) is 0. The van der Waals surface area contributed by atoms with Gasteiger partial charge in [-0.05, 0) is 44.9 Å². The molecule has 0 heterocycles. The van der Waals surface area contributed by atoms with Gasteiger partial charge in [0, 0.05) is 0 Å². The summed E-state index contributed by atoms with van der Waals surface area (Å²) < 4.78 is 0. The lowest BCUT2D eigenvalue weighted by molar-refractivity contribution is 0.700. The maximum absolute atomic E-state index is 2.35. The van der Waals surface area contributed by atoms with Crippen LogP contribution in [-0.4, -0.2) is 0 Å². The van der Waals surface area contributed by atoms with E-state index in [0.29, 0.717) is 11.8 Å². The average molecular weight is 205 g/mol. The Balaban J connectivity index is 3.53. The van der Waals surface area contributed by atoms with Crippen molar-refractivity contribution in [1.82, 2.24) is 0 Å². The molecule has 85 valence electrons. The third-order valence-corrected chi connectivity index (χ3v) is 2.30. The summed E-state index contributed by atoms with van der Waals surface area (Å²) in [4.78, 5) is 0. The monoisotopic (exact) mass is 205 g/mol. The Morgan fingerprint density at radius 1 is 0.933 bits per heavy atom. The molecule has 0 aliphatic heterocycles. The summed E-state index contributed by atoms with van der Waals surface area (Å²) in [6, 6.07) is 0. The van der Waals surface area contributed by atoms with E-state index in [1.807, 2.05) is 0 Å². The van der Waals surface area contributed by atoms with Crippen LogP contribution in [0.2, 0.25) is 0 Å². The predicted molar refractivity (Wildman–Crippen MR) is 70.6 cm³/mol. The number of allylic oxidation sites excluding steroid dienone is 6. The van der Waals surface area contributed by atoms with Crippen LogP contribution in [0.3, 0.4) is 0 Å². The number of rotatable bonds is 7. The number of hydrogen-bond donors (Lipinski definition) is 0. The van der Waals surface area contributed by atoms with E-state index in [0.717, 1.165) is 6.42 Å². The Morgan fingerprint density at radius 3 is 2.20 bits per heavy atom. The molecule has 0 aromatic rings. The Morgan fingerprint density at radius 2 is 1.60 bits per heavy atom. The van der Waals surface area contributed by atoms with Crippen molar-refractivity contribution < 1.29 is 0 Å². The molecule has 0 N–H and O–H groups in total. The first-order valence-corrected chi connectivity index (χ1v) is 5.94. The van der Waals surface area contributed by atoms with Gasteiger partial charge in [0.1, 0.15) is 0 Å². The summed E-state index contributed by atoms with van der Waals surface area (Å²) >= 11 is 0. The summed E-state index contributed by atoms with van der Waals surface area (Å²) in [5.41, 5.74) is 0. The lowest BCUT2D eigenvalue weighted by Gasteiger charge is -2.03. The van der Waals surface area contributed by atoms with E-state index in [-0.39, 0.29) is 0 Å². The van der Waals surface area contributed by atoms with Crippen LogP contribution in [0.15, 0.2) is 36.5 Å².